The summed E-state index contributed by atoms with van der Waals surface area (Å²) in [6.45, 7) is 14.3. The van der Waals surface area contributed by atoms with Crippen molar-refractivity contribution in [1.82, 2.24) is 25.3 Å². The predicted octanol–water partition coefficient (Wildman–Crippen LogP) is 4.30. The van der Waals surface area contributed by atoms with Gasteiger partial charge in [-0.2, -0.15) is 5.10 Å². The van der Waals surface area contributed by atoms with E-state index in [2.05, 4.69) is 50.1 Å². The first kappa shape index (κ1) is 20.8. The van der Waals surface area contributed by atoms with Crippen LogP contribution in [0.15, 0.2) is 34.7 Å². The molecule has 0 unspecified atom stereocenters. The summed E-state index contributed by atoms with van der Waals surface area (Å²) in [6, 6.07) is 9.53. The van der Waals surface area contributed by atoms with Crippen LogP contribution in [-0.4, -0.2) is 31.9 Å². The van der Waals surface area contributed by atoms with Gasteiger partial charge in [-0.1, -0.05) is 40.7 Å². The second-order valence-electron chi connectivity index (χ2n) is 8.76. The van der Waals surface area contributed by atoms with Crippen LogP contribution >= 0.6 is 0 Å². The molecule has 154 valence electrons. The number of aromatic nitrogens is 4. The molecule has 0 fully saturated rings. The van der Waals surface area contributed by atoms with Gasteiger partial charge in [-0.25, -0.2) is 4.68 Å². The van der Waals surface area contributed by atoms with E-state index in [1.165, 1.54) is 0 Å². The molecular formula is C22H29N5O2. The van der Waals surface area contributed by atoms with Crippen molar-refractivity contribution in [2.75, 3.05) is 0 Å². The molecule has 3 rings (SSSR count). The molecule has 1 N–H and O–H groups in total. The Hall–Kier alpha value is -2.96. The molecule has 0 saturated carbocycles. The normalized spacial score (nSPS) is 13.0. The minimum absolute atomic E-state index is 0.0911. The molecule has 0 radical (unpaired) electrons. The van der Waals surface area contributed by atoms with Gasteiger partial charge in [0.2, 0.25) is 5.89 Å². The van der Waals surface area contributed by atoms with Crippen LogP contribution in [0, 0.1) is 12.8 Å². The van der Waals surface area contributed by atoms with Crippen molar-refractivity contribution >= 4 is 5.91 Å². The van der Waals surface area contributed by atoms with Gasteiger partial charge in [0.25, 0.3) is 11.8 Å². The minimum atomic E-state index is -0.176. The molecular weight excluding hydrogens is 366 g/mol. The maximum absolute atomic E-state index is 12.7. The standard InChI is InChI=1S/C22H29N5O2/c1-13(2)14(3)23-20(28)16-9-8-10-17(11-16)27-19(22(5,6)7)12-18(26-27)21-25-24-15(4)29-21/h8-14H,1-7H3,(H,23,28)/t14-/m1/s1. The number of rotatable bonds is 5. The van der Waals surface area contributed by atoms with Crippen molar-refractivity contribution in [2.45, 2.75) is 59.9 Å². The zero-order valence-corrected chi connectivity index (χ0v) is 18.1. The van der Waals surface area contributed by atoms with Gasteiger partial charge in [0.15, 0.2) is 0 Å². The van der Waals surface area contributed by atoms with Gasteiger partial charge in [-0.05, 0) is 37.1 Å². The molecule has 0 aliphatic rings. The van der Waals surface area contributed by atoms with Crippen molar-refractivity contribution < 1.29 is 9.21 Å². The summed E-state index contributed by atoms with van der Waals surface area (Å²) < 4.78 is 7.40. The van der Waals surface area contributed by atoms with E-state index in [9.17, 15) is 4.79 Å². The van der Waals surface area contributed by atoms with Crippen molar-refractivity contribution in [2.24, 2.45) is 5.92 Å². The lowest BCUT2D eigenvalue weighted by Gasteiger charge is -2.21. The lowest BCUT2D eigenvalue weighted by molar-refractivity contribution is 0.0930. The van der Waals surface area contributed by atoms with Crippen LogP contribution in [0.5, 0.6) is 0 Å². The zero-order valence-electron chi connectivity index (χ0n) is 18.1. The molecule has 7 nitrogen and oxygen atoms in total. The van der Waals surface area contributed by atoms with Crippen molar-refractivity contribution in [3.63, 3.8) is 0 Å². The van der Waals surface area contributed by atoms with Gasteiger partial charge < -0.3 is 9.73 Å². The first-order valence-electron chi connectivity index (χ1n) is 9.88. The van der Waals surface area contributed by atoms with Crippen LogP contribution in [0.3, 0.4) is 0 Å². The quantitative estimate of drug-likeness (QED) is 0.696. The maximum atomic E-state index is 12.7. The third-order valence-corrected chi connectivity index (χ3v) is 4.93. The molecule has 1 amide bonds. The highest BCUT2D eigenvalue weighted by molar-refractivity contribution is 5.94. The summed E-state index contributed by atoms with van der Waals surface area (Å²) in [6.07, 6.45) is 0. The van der Waals surface area contributed by atoms with Gasteiger partial charge in [0, 0.05) is 23.9 Å². The molecule has 2 heterocycles. The van der Waals surface area contributed by atoms with E-state index in [4.69, 9.17) is 9.52 Å². The maximum Gasteiger partial charge on any atom is 0.268 e. The van der Waals surface area contributed by atoms with Crippen molar-refractivity contribution in [3.8, 4) is 17.3 Å². The van der Waals surface area contributed by atoms with Crippen LogP contribution in [0.2, 0.25) is 0 Å². The molecule has 0 saturated heterocycles. The van der Waals surface area contributed by atoms with Crippen molar-refractivity contribution in [1.29, 1.82) is 0 Å². The van der Waals surface area contributed by atoms with Gasteiger partial charge in [0.05, 0.1) is 11.4 Å². The van der Waals surface area contributed by atoms with E-state index in [1.807, 2.05) is 41.9 Å². The van der Waals surface area contributed by atoms with Gasteiger partial charge in [0.1, 0.15) is 5.69 Å². The van der Waals surface area contributed by atoms with Crippen LogP contribution in [-0.2, 0) is 5.41 Å². The Morgan fingerprint density at radius 2 is 1.86 bits per heavy atom. The first-order valence-corrected chi connectivity index (χ1v) is 9.88. The molecule has 29 heavy (non-hydrogen) atoms. The molecule has 0 aliphatic heterocycles. The molecule has 0 spiro atoms. The number of amides is 1. The Morgan fingerprint density at radius 1 is 1.14 bits per heavy atom. The van der Waals surface area contributed by atoms with Crippen LogP contribution in [0.4, 0.5) is 0 Å². The SMILES string of the molecule is Cc1nnc(-c2cc(C(C)(C)C)n(-c3cccc(C(=O)N[C@H](C)C(C)C)c3)n2)o1. The highest BCUT2D eigenvalue weighted by Crippen LogP contribution is 2.29. The summed E-state index contributed by atoms with van der Waals surface area (Å²) in [5.41, 5.74) is 2.82. The fraction of sp³-hybridized carbons (Fsp3) is 0.455. The van der Waals surface area contributed by atoms with Gasteiger partial charge >= 0.3 is 0 Å². The number of aryl methyl sites for hydroxylation is 1. The number of carbonyl (C=O) groups is 1. The third kappa shape index (κ3) is 4.55. The molecule has 2 aromatic heterocycles. The summed E-state index contributed by atoms with van der Waals surface area (Å²) in [5.74, 6) is 1.14. The number of hydrogen-bond acceptors (Lipinski definition) is 5. The third-order valence-electron chi connectivity index (χ3n) is 4.93. The summed E-state index contributed by atoms with van der Waals surface area (Å²) >= 11 is 0. The number of hydrogen-bond donors (Lipinski definition) is 1. The lowest BCUT2D eigenvalue weighted by atomic mass is 9.91. The first-order chi connectivity index (χ1) is 13.6. The average molecular weight is 396 g/mol. The minimum Gasteiger partial charge on any atom is -0.420 e. The van der Waals surface area contributed by atoms with E-state index >= 15 is 0 Å². The predicted molar refractivity (Wildman–Crippen MR) is 112 cm³/mol. The molecule has 7 heteroatoms. The Kier molecular flexibility index (Phi) is 5.59. The Morgan fingerprint density at radius 3 is 2.45 bits per heavy atom. The number of carbonyl (C=O) groups excluding carboxylic acids is 1. The number of benzene rings is 1. The lowest BCUT2D eigenvalue weighted by Crippen LogP contribution is -2.36. The molecule has 0 bridgehead atoms. The largest absolute Gasteiger partial charge is 0.420 e. The fourth-order valence-corrected chi connectivity index (χ4v) is 2.85. The molecule has 0 aliphatic carbocycles. The van der Waals surface area contributed by atoms with E-state index < -0.39 is 0 Å². The summed E-state index contributed by atoms with van der Waals surface area (Å²) in [5, 5.41) is 15.7. The van der Waals surface area contributed by atoms with E-state index in [1.54, 1.807) is 6.92 Å². The van der Waals surface area contributed by atoms with Crippen LogP contribution in [0.1, 0.15) is 63.5 Å². The Balaban J connectivity index is 2.02. The Bertz CT molecular complexity index is 1010. The molecule has 1 aromatic carbocycles. The fourth-order valence-electron chi connectivity index (χ4n) is 2.85. The monoisotopic (exact) mass is 395 g/mol. The summed E-state index contributed by atoms with van der Waals surface area (Å²) in [7, 11) is 0. The zero-order chi connectivity index (χ0) is 21.3. The van der Waals surface area contributed by atoms with Crippen LogP contribution < -0.4 is 5.32 Å². The number of nitrogens with one attached hydrogen (secondary N) is 1. The summed E-state index contributed by atoms with van der Waals surface area (Å²) in [4.78, 5) is 12.7. The van der Waals surface area contributed by atoms with Gasteiger partial charge in [-0.15, -0.1) is 10.2 Å². The Labute approximate surface area is 171 Å². The van der Waals surface area contributed by atoms with E-state index in [0.29, 0.717) is 29.0 Å². The molecule has 1 atom stereocenters. The highest BCUT2D eigenvalue weighted by Gasteiger charge is 2.24. The topological polar surface area (TPSA) is 85.8 Å². The molecule has 3 aromatic rings. The second-order valence-corrected chi connectivity index (χ2v) is 8.76. The number of nitrogens with zero attached hydrogens (tertiary/aromatic N) is 4. The highest BCUT2D eigenvalue weighted by atomic mass is 16.4. The van der Waals surface area contributed by atoms with E-state index in [-0.39, 0.29) is 17.4 Å². The smallest absolute Gasteiger partial charge is 0.268 e. The average Bonchev–Trinajstić information content (AvgIpc) is 3.27. The van der Waals surface area contributed by atoms with Crippen LogP contribution in [0.25, 0.3) is 17.3 Å². The van der Waals surface area contributed by atoms with Gasteiger partial charge in [-0.3, -0.25) is 4.79 Å². The van der Waals surface area contributed by atoms with Crippen molar-refractivity contribution in [3.05, 3.63) is 47.5 Å². The van der Waals surface area contributed by atoms with E-state index in [0.717, 1.165) is 11.4 Å². The second kappa shape index (κ2) is 7.81.